The van der Waals surface area contributed by atoms with Gasteiger partial charge in [0, 0.05) is 28.4 Å². The normalized spacial score (nSPS) is 14.8. The van der Waals surface area contributed by atoms with E-state index in [0.717, 1.165) is 22.3 Å². The first kappa shape index (κ1) is 17.9. The van der Waals surface area contributed by atoms with Crippen molar-refractivity contribution >= 4 is 15.9 Å². The fraction of sp³-hybridized carbons (Fsp3) is 0.333. The second-order valence-corrected chi connectivity index (χ2v) is 6.09. The Balaban J connectivity index is 2.57. The number of benzene rings is 1. The first-order valence-corrected chi connectivity index (χ1v) is 8.55. The molecule has 1 aromatic carbocycles. The summed E-state index contributed by atoms with van der Waals surface area (Å²) >= 11 is 3.32. The van der Waals surface area contributed by atoms with Gasteiger partial charge in [0.2, 0.25) is 0 Å². The third-order valence-electron chi connectivity index (χ3n) is 3.86. The number of hydrogen-bond acceptors (Lipinski definition) is 5. The Bertz CT molecular complexity index is 748. The summed E-state index contributed by atoms with van der Waals surface area (Å²) in [6, 6.07) is 9.92. The molecule has 0 unspecified atom stereocenters. The Morgan fingerprint density at radius 3 is 2.29 bits per heavy atom. The number of rotatable bonds is 5. The number of hydrogen-bond donors (Lipinski definition) is 1. The highest BCUT2D eigenvalue weighted by Gasteiger charge is 2.31. The van der Waals surface area contributed by atoms with Crippen molar-refractivity contribution in [2.24, 2.45) is 0 Å². The summed E-state index contributed by atoms with van der Waals surface area (Å²) in [5, 5.41) is 23.0. The molecule has 0 atom stereocenters. The van der Waals surface area contributed by atoms with Crippen molar-refractivity contribution in [3.63, 3.8) is 0 Å². The van der Waals surface area contributed by atoms with Gasteiger partial charge in [-0.3, -0.25) is 0 Å². The van der Waals surface area contributed by atoms with E-state index >= 15 is 0 Å². The maximum absolute atomic E-state index is 9.58. The standard InChI is InChI=1S/C18H18BrN3O2/c1-11-15(9-20)18(16(10-21)12(2)22-11)14-5-4-13(24-7-6-19)8-17(14)23-3/h4-5,8,18,22H,6-7H2,1-3H3. The van der Waals surface area contributed by atoms with Gasteiger partial charge in [-0.15, -0.1) is 0 Å². The summed E-state index contributed by atoms with van der Waals surface area (Å²) in [6.45, 7) is 4.22. The SMILES string of the molecule is COc1cc(OCCBr)ccc1C1C(C#N)=C(C)NC(C)=C1C#N. The van der Waals surface area contributed by atoms with Gasteiger partial charge in [-0.2, -0.15) is 10.5 Å². The number of allylic oxidation sites excluding steroid dienone is 4. The van der Waals surface area contributed by atoms with Crippen LogP contribution in [0.25, 0.3) is 0 Å². The van der Waals surface area contributed by atoms with Crippen molar-refractivity contribution in [3.8, 4) is 23.6 Å². The molecule has 124 valence electrons. The van der Waals surface area contributed by atoms with E-state index in [9.17, 15) is 10.5 Å². The van der Waals surface area contributed by atoms with Crippen LogP contribution in [-0.2, 0) is 0 Å². The van der Waals surface area contributed by atoms with Gasteiger partial charge in [-0.1, -0.05) is 22.0 Å². The Hall–Kier alpha value is -2.44. The minimum atomic E-state index is -0.443. The van der Waals surface area contributed by atoms with Gasteiger partial charge in [0.25, 0.3) is 0 Å². The molecule has 1 aliphatic heterocycles. The lowest BCUT2D eigenvalue weighted by atomic mass is 9.81. The Kier molecular flexibility index (Phi) is 5.89. The topological polar surface area (TPSA) is 78.1 Å². The molecular weight excluding hydrogens is 370 g/mol. The third kappa shape index (κ3) is 3.39. The summed E-state index contributed by atoms with van der Waals surface area (Å²) in [5.41, 5.74) is 3.31. The zero-order chi connectivity index (χ0) is 17.7. The summed E-state index contributed by atoms with van der Waals surface area (Å²) in [7, 11) is 1.57. The van der Waals surface area contributed by atoms with Gasteiger partial charge in [-0.05, 0) is 19.9 Å². The van der Waals surface area contributed by atoms with Gasteiger partial charge in [0.15, 0.2) is 0 Å². The van der Waals surface area contributed by atoms with Crippen LogP contribution in [0.1, 0.15) is 25.3 Å². The molecule has 1 aromatic rings. The molecule has 0 aromatic heterocycles. The molecule has 5 nitrogen and oxygen atoms in total. The van der Waals surface area contributed by atoms with Crippen molar-refractivity contribution in [2.45, 2.75) is 19.8 Å². The second kappa shape index (κ2) is 7.90. The number of halogens is 1. The molecule has 0 saturated heterocycles. The van der Waals surface area contributed by atoms with E-state index in [1.807, 2.05) is 26.0 Å². The van der Waals surface area contributed by atoms with Crippen LogP contribution < -0.4 is 14.8 Å². The van der Waals surface area contributed by atoms with E-state index in [1.165, 1.54) is 0 Å². The lowest BCUT2D eigenvalue weighted by molar-refractivity contribution is 0.340. The van der Waals surface area contributed by atoms with Crippen molar-refractivity contribution in [2.75, 3.05) is 19.0 Å². The summed E-state index contributed by atoms with van der Waals surface area (Å²) in [5.74, 6) is 0.832. The Morgan fingerprint density at radius 1 is 1.17 bits per heavy atom. The molecule has 1 N–H and O–H groups in total. The van der Waals surface area contributed by atoms with Crippen LogP contribution in [0.15, 0.2) is 40.7 Å². The number of ether oxygens (including phenoxy) is 2. The van der Waals surface area contributed by atoms with Crippen LogP contribution >= 0.6 is 15.9 Å². The highest BCUT2D eigenvalue weighted by Crippen LogP contribution is 2.42. The van der Waals surface area contributed by atoms with E-state index in [1.54, 1.807) is 13.2 Å². The van der Waals surface area contributed by atoms with Crippen molar-refractivity contribution in [3.05, 3.63) is 46.3 Å². The zero-order valence-corrected chi connectivity index (χ0v) is 15.4. The molecule has 24 heavy (non-hydrogen) atoms. The molecule has 1 heterocycles. The second-order valence-electron chi connectivity index (χ2n) is 5.30. The van der Waals surface area contributed by atoms with E-state index in [0.29, 0.717) is 29.3 Å². The third-order valence-corrected chi connectivity index (χ3v) is 4.19. The van der Waals surface area contributed by atoms with Gasteiger partial charge >= 0.3 is 0 Å². The number of nitrogens with zero attached hydrogens (tertiary/aromatic N) is 2. The fourth-order valence-electron chi connectivity index (χ4n) is 2.78. The Labute approximate surface area is 150 Å². The van der Waals surface area contributed by atoms with Crippen LogP contribution in [0, 0.1) is 22.7 Å². The highest BCUT2D eigenvalue weighted by atomic mass is 79.9. The molecular formula is C18H18BrN3O2. The van der Waals surface area contributed by atoms with E-state index in [4.69, 9.17) is 9.47 Å². The highest BCUT2D eigenvalue weighted by molar-refractivity contribution is 9.09. The number of nitriles is 2. The van der Waals surface area contributed by atoms with Crippen LogP contribution in [0.3, 0.4) is 0 Å². The van der Waals surface area contributed by atoms with E-state index in [-0.39, 0.29) is 0 Å². The minimum Gasteiger partial charge on any atom is -0.496 e. The molecule has 6 heteroatoms. The molecule has 0 spiro atoms. The Morgan fingerprint density at radius 2 is 1.79 bits per heavy atom. The van der Waals surface area contributed by atoms with Crippen LogP contribution in [0.4, 0.5) is 0 Å². The van der Waals surface area contributed by atoms with E-state index in [2.05, 4.69) is 33.4 Å². The predicted octanol–water partition coefficient (Wildman–Crippen LogP) is 3.75. The fourth-order valence-corrected chi connectivity index (χ4v) is 2.94. The lowest BCUT2D eigenvalue weighted by Crippen LogP contribution is -2.23. The minimum absolute atomic E-state index is 0.443. The van der Waals surface area contributed by atoms with Crippen molar-refractivity contribution in [1.82, 2.24) is 5.32 Å². The van der Waals surface area contributed by atoms with E-state index < -0.39 is 5.92 Å². The molecule has 1 aliphatic rings. The lowest BCUT2D eigenvalue weighted by Gasteiger charge is -2.27. The van der Waals surface area contributed by atoms with Gasteiger partial charge in [0.05, 0.1) is 42.9 Å². The van der Waals surface area contributed by atoms with Crippen molar-refractivity contribution in [1.29, 1.82) is 10.5 Å². The molecule has 0 saturated carbocycles. The van der Waals surface area contributed by atoms with Gasteiger partial charge < -0.3 is 14.8 Å². The quantitative estimate of drug-likeness (QED) is 0.778. The maximum Gasteiger partial charge on any atom is 0.126 e. The van der Waals surface area contributed by atoms with Crippen LogP contribution in [0.2, 0.25) is 0 Å². The maximum atomic E-state index is 9.58. The number of methoxy groups -OCH3 is 1. The van der Waals surface area contributed by atoms with Gasteiger partial charge in [-0.25, -0.2) is 0 Å². The van der Waals surface area contributed by atoms with Crippen molar-refractivity contribution < 1.29 is 9.47 Å². The zero-order valence-electron chi connectivity index (χ0n) is 13.8. The summed E-state index contributed by atoms with van der Waals surface area (Å²) < 4.78 is 11.1. The largest absolute Gasteiger partial charge is 0.496 e. The van der Waals surface area contributed by atoms with Crippen LogP contribution in [0.5, 0.6) is 11.5 Å². The molecule has 0 bridgehead atoms. The smallest absolute Gasteiger partial charge is 0.126 e. The molecule has 0 fully saturated rings. The summed E-state index contributed by atoms with van der Waals surface area (Å²) in [6.07, 6.45) is 0. The molecule has 0 aliphatic carbocycles. The molecule has 0 amide bonds. The van der Waals surface area contributed by atoms with Crippen LogP contribution in [-0.4, -0.2) is 19.0 Å². The first-order valence-electron chi connectivity index (χ1n) is 7.42. The average Bonchev–Trinajstić information content (AvgIpc) is 2.59. The predicted molar refractivity (Wildman–Crippen MR) is 94.8 cm³/mol. The monoisotopic (exact) mass is 387 g/mol. The summed E-state index contributed by atoms with van der Waals surface area (Å²) in [4.78, 5) is 0. The number of dihydropyridines is 1. The molecule has 2 rings (SSSR count). The first-order chi connectivity index (χ1) is 11.6. The number of alkyl halides is 1. The molecule has 0 radical (unpaired) electrons. The average molecular weight is 388 g/mol. The number of nitrogens with one attached hydrogen (secondary N) is 1. The van der Waals surface area contributed by atoms with Gasteiger partial charge in [0.1, 0.15) is 11.5 Å².